The van der Waals surface area contributed by atoms with Gasteiger partial charge in [-0.05, 0) is 36.8 Å². The van der Waals surface area contributed by atoms with Crippen LogP contribution in [0.25, 0.3) is 27.5 Å². The van der Waals surface area contributed by atoms with Gasteiger partial charge in [0.25, 0.3) is 0 Å². The molecular weight excluding hydrogens is 330 g/mol. The number of fused-ring (bicyclic) bond motifs is 1. The summed E-state index contributed by atoms with van der Waals surface area (Å²) in [6.07, 6.45) is 0. The van der Waals surface area contributed by atoms with E-state index in [4.69, 9.17) is 15.5 Å². The molecule has 0 aliphatic heterocycles. The smallest absolute Gasteiger partial charge is 0.195 e. The van der Waals surface area contributed by atoms with Gasteiger partial charge in [0.1, 0.15) is 5.75 Å². The van der Waals surface area contributed by atoms with Gasteiger partial charge in [-0.1, -0.05) is 29.8 Å². The summed E-state index contributed by atoms with van der Waals surface area (Å²) >= 11 is 1.64. The van der Waals surface area contributed by atoms with E-state index in [0.717, 1.165) is 33.4 Å². The maximum absolute atomic E-state index is 6.10. The highest BCUT2D eigenvalue weighted by Gasteiger charge is 2.17. The van der Waals surface area contributed by atoms with Crippen LogP contribution in [0.5, 0.6) is 5.75 Å². The van der Waals surface area contributed by atoms with Gasteiger partial charge in [-0.15, -0.1) is 11.3 Å². The van der Waals surface area contributed by atoms with Gasteiger partial charge >= 0.3 is 0 Å². The molecule has 0 aliphatic rings. The Balaban J connectivity index is 1.88. The zero-order chi connectivity index (χ0) is 17.4. The van der Waals surface area contributed by atoms with Crippen molar-refractivity contribution in [3.8, 4) is 28.3 Å². The Morgan fingerprint density at radius 2 is 1.72 bits per heavy atom. The number of benzene rings is 2. The molecule has 0 saturated carbocycles. The average molecular weight is 349 g/mol. The number of imidazole rings is 1. The molecule has 4 nitrogen and oxygen atoms in total. The molecule has 0 fully saturated rings. The number of ether oxygens (including phenoxy) is 1. The Bertz CT molecular complexity index is 1010. The van der Waals surface area contributed by atoms with E-state index >= 15 is 0 Å². The molecule has 126 valence electrons. The molecule has 0 atom stereocenters. The molecule has 25 heavy (non-hydrogen) atoms. The summed E-state index contributed by atoms with van der Waals surface area (Å²) in [5, 5.41) is 2.14. The zero-order valence-electron chi connectivity index (χ0n) is 14.2. The molecule has 0 unspecified atom stereocenters. The minimum Gasteiger partial charge on any atom is -0.497 e. The van der Waals surface area contributed by atoms with Crippen molar-refractivity contribution in [3.63, 3.8) is 0 Å². The lowest BCUT2D eigenvalue weighted by Gasteiger charge is -2.06. The summed E-state index contributed by atoms with van der Waals surface area (Å²) in [7, 11) is 1.67. The largest absolute Gasteiger partial charge is 0.497 e. The molecule has 0 saturated heterocycles. The molecule has 4 aromatic rings. The van der Waals surface area contributed by atoms with Crippen molar-refractivity contribution >= 4 is 16.3 Å². The predicted molar refractivity (Wildman–Crippen MR) is 103 cm³/mol. The quantitative estimate of drug-likeness (QED) is 0.590. The van der Waals surface area contributed by atoms with Crippen molar-refractivity contribution < 1.29 is 4.74 Å². The Labute approximate surface area is 150 Å². The normalized spacial score (nSPS) is 11.2. The summed E-state index contributed by atoms with van der Waals surface area (Å²) in [5.41, 5.74) is 12.7. The molecule has 0 aliphatic carbocycles. The molecule has 2 heterocycles. The van der Waals surface area contributed by atoms with Crippen molar-refractivity contribution in [1.82, 2.24) is 9.38 Å². The Hall–Kier alpha value is -2.63. The number of nitrogens with zero attached hydrogens (tertiary/aromatic N) is 2. The fourth-order valence-electron chi connectivity index (χ4n) is 3.01. The lowest BCUT2D eigenvalue weighted by molar-refractivity contribution is 0.415. The van der Waals surface area contributed by atoms with Gasteiger partial charge in [-0.3, -0.25) is 4.40 Å². The van der Waals surface area contributed by atoms with Gasteiger partial charge in [0.2, 0.25) is 0 Å². The summed E-state index contributed by atoms with van der Waals surface area (Å²) in [6.45, 7) is 2.52. The second-order valence-electron chi connectivity index (χ2n) is 5.94. The van der Waals surface area contributed by atoms with E-state index in [2.05, 4.69) is 41.0 Å². The maximum Gasteiger partial charge on any atom is 0.195 e. The second kappa shape index (κ2) is 6.35. The highest BCUT2D eigenvalue weighted by atomic mass is 32.1. The molecule has 0 amide bonds. The van der Waals surface area contributed by atoms with E-state index in [9.17, 15) is 0 Å². The fraction of sp³-hybridized carbons (Fsp3) is 0.150. The van der Waals surface area contributed by atoms with E-state index in [1.54, 1.807) is 18.4 Å². The van der Waals surface area contributed by atoms with Crippen LogP contribution in [0.4, 0.5) is 0 Å². The van der Waals surface area contributed by atoms with Gasteiger partial charge < -0.3 is 10.5 Å². The Morgan fingerprint density at radius 1 is 1.04 bits per heavy atom. The van der Waals surface area contributed by atoms with Gasteiger partial charge in [0, 0.05) is 17.5 Å². The van der Waals surface area contributed by atoms with Gasteiger partial charge in [0.05, 0.1) is 24.2 Å². The zero-order valence-corrected chi connectivity index (χ0v) is 15.0. The first-order valence-electron chi connectivity index (χ1n) is 8.11. The van der Waals surface area contributed by atoms with Crippen LogP contribution in [-0.4, -0.2) is 16.5 Å². The molecule has 5 heteroatoms. The summed E-state index contributed by atoms with van der Waals surface area (Å²) in [6, 6.07) is 16.5. The number of rotatable bonds is 4. The van der Waals surface area contributed by atoms with Crippen LogP contribution >= 0.6 is 11.3 Å². The number of hydrogen-bond donors (Lipinski definition) is 1. The number of thiazole rings is 1. The van der Waals surface area contributed by atoms with Crippen molar-refractivity contribution in [2.45, 2.75) is 13.5 Å². The molecule has 4 rings (SSSR count). The van der Waals surface area contributed by atoms with Crippen LogP contribution in [-0.2, 0) is 6.54 Å². The first-order valence-corrected chi connectivity index (χ1v) is 8.99. The second-order valence-corrected chi connectivity index (χ2v) is 6.78. The molecule has 2 aromatic heterocycles. The number of aryl methyl sites for hydroxylation is 1. The van der Waals surface area contributed by atoms with E-state index < -0.39 is 0 Å². The Kier molecular flexibility index (Phi) is 4.03. The lowest BCUT2D eigenvalue weighted by Crippen LogP contribution is -2.03. The van der Waals surface area contributed by atoms with Crippen LogP contribution in [0.1, 0.15) is 11.3 Å². The van der Waals surface area contributed by atoms with Crippen molar-refractivity contribution in [1.29, 1.82) is 0 Å². The third-order valence-corrected chi connectivity index (χ3v) is 5.19. The summed E-state index contributed by atoms with van der Waals surface area (Å²) < 4.78 is 7.42. The van der Waals surface area contributed by atoms with E-state index in [1.807, 2.05) is 24.3 Å². The highest BCUT2D eigenvalue weighted by Crippen LogP contribution is 2.33. The first kappa shape index (κ1) is 15.9. The van der Waals surface area contributed by atoms with Crippen LogP contribution in [0.3, 0.4) is 0 Å². The first-order chi connectivity index (χ1) is 12.2. The maximum atomic E-state index is 6.10. The van der Waals surface area contributed by atoms with Crippen LogP contribution in [0, 0.1) is 6.92 Å². The average Bonchev–Trinajstić information content (AvgIpc) is 3.21. The topological polar surface area (TPSA) is 52.5 Å². The molecule has 2 aromatic carbocycles. The number of nitrogens with two attached hydrogens (primary N) is 1. The monoisotopic (exact) mass is 349 g/mol. The third-order valence-electron chi connectivity index (χ3n) is 4.36. The molecule has 0 bridgehead atoms. The molecular formula is C20H19N3OS. The molecule has 2 N–H and O–H groups in total. The SMILES string of the molecule is COc1ccc(-c2nc3scc(-c4ccc(C)cc4)n3c2CN)cc1. The van der Waals surface area contributed by atoms with Crippen LogP contribution < -0.4 is 10.5 Å². The Morgan fingerprint density at radius 3 is 2.36 bits per heavy atom. The van der Waals surface area contributed by atoms with E-state index in [1.165, 1.54) is 11.1 Å². The van der Waals surface area contributed by atoms with Gasteiger partial charge in [-0.2, -0.15) is 0 Å². The summed E-state index contributed by atoms with van der Waals surface area (Å²) in [4.78, 5) is 5.79. The highest BCUT2D eigenvalue weighted by molar-refractivity contribution is 7.15. The minimum absolute atomic E-state index is 0.429. The van der Waals surface area contributed by atoms with Crippen LogP contribution in [0.2, 0.25) is 0 Å². The van der Waals surface area contributed by atoms with Crippen LogP contribution in [0.15, 0.2) is 53.9 Å². The standard InChI is InChI=1S/C20H19N3OS/c1-13-3-5-14(6-4-13)18-12-25-20-22-19(17(11-21)23(18)20)15-7-9-16(24-2)10-8-15/h3-10,12H,11,21H2,1-2H3. The van der Waals surface area contributed by atoms with Gasteiger partial charge in [0.15, 0.2) is 4.96 Å². The minimum atomic E-state index is 0.429. The van der Waals surface area contributed by atoms with E-state index in [0.29, 0.717) is 6.54 Å². The molecule has 0 radical (unpaired) electrons. The summed E-state index contributed by atoms with van der Waals surface area (Å²) in [5.74, 6) is 0.833. The lowest BCUT2D eigenvalue weighted by atomic mass is 10.1. The third kappa shape index (κ3) is 2.71. The van der Waals surface area contributed by atoms with E-state index in [-0.39, 0.29) is 0 Å². The van der Waals surface area contributed by atoms with Crippen molar-refractivity contribution in [2.24, 2.45) is 5.73 Å². The predicted octanol–water partition coefficient (Wildman–Crippen LogP) is 4.51. The number of hydrogen-bond acceptors (Lipinski definition) is 4. The van der Waals surface area contributed by atoms with Gasteiger partial charge in [-0.25, -0.2) is 4.98 Å². The van der Waals surface area contributed by atoms with Crippen molar-refractivity contribution in [2.75, 3.05) is 7.11 Å². The molecule has 0 spiro atoms. The number of aromatic nitrogens is 2. The van der Waals surface area contributed by atoms with Crippen molar-refractivity contribution in [3.05, 3.63) is 65.2 Å². The number of methoxy groups -OCH3 is 1. The fourth-order valence-corrected chi connectivity index (χ4v) is 3.93.